The Kier molecular flexibility index (Phi) is 3.37. The summed E-state index contributed by atoms with van der Waals surface area (Å²) in [4.78, 5) is 2.16. The van der Waals surface area contributed by atoms with Crippen molar-refractivity contribution in [3.05, 3.63) is 24.3 Å². The van der Waals surface area contributed by atoms with Gasteiger partial charge in [0.15, 0.2) is 0 Å². The van der Waals surface area contributed by atoms with Gasteiger partial charge in [-0.15, -0.1) is 0 Å². The largest absolute Gasteiger partial charge is 0.381 e. The number of hydrogen-bond acceptors (Lipinski definition) is 2. The number of anilines is 2. The Labute approximate surface area is 98.7 Å². The standard InChI is InChI=1S/C14H22N2/c1-11(10-12-8-9-12)15-13-6-4-5-7-14(13)16(2)3/h4-7,11-12,15H,8-10H2,1-3H3. The van der Waals surface area contributed by atoms with Crippen LogP contribution in [0.4, 0.5) is 11.4 Å². The van der Waals surface area contributed by atoms with Gasteiger partial charge in [0.1, 0.15) is 0 Å². The maximum atomic E-state index is 3.62. The third-order valence-electron chi connectivity index (χ3n) is 3.17. The molecule has 2 nitrogen and oxygen atoms in total. The summed E-state index contributed by atoms with van der Waals surface area (Å²) in [7, 11) is 4.18. The summed E-state index contributed by atoms with van der Waals surface area (Å²) < 4.78 is 0. The first-order valence-corrected chi connectivity index (χ1v) is 6.19. The van der Waals surface area contributed by atoms with E-state index < -0.39 is 0 Å². The molecular weight excluding hydrogens is 196 g/mol. The zero-order chi connectivity index (χ0) is 11.5. The minimum absolute atomic E-state index is 0.577. The van der Waals surface area contributed by atoms with E-state index in [0.29, 0.717) is 6.04 Å². The van der Waals surface area contributed by atoms with Crippen molar-refractivity contribution >= 4 is 11.4 Å². The van der Waals surface area contributed by atoms with Gasteiger partial charge in [0.25, 0.3) is 0 Å². The van der Waals surface area contributed by atoms with E-state index in [2.05, 4.69) is 55.5 Å². The zero-order valence-electron chi connectivity index (χ0n) is 10.5. The van der Waals surface area contributed by atoms with E-state index in [9.17, 15) is 0 Å². The van der Waals surface area contributed by atoms with Gasteiger partial charge in [0, 0.05) is 20.1 Å². The normalized spacial score (nSPS) is 16.9. The number of rotatable bonds is 5. The van der Waals surface area contributed by atoms with E-state index in [-0.39, 0.29) is 0 Å². The minimum atomic E-state index is 0.577. The van der Waals surface area contributed by atoms with E-state index >= 15 is 0 Å². The summed E-state index contributed by atoms with van der Waals surface area (Å²) in [6.45, 7) is 2.28. The number of para-hydroxylation sites is 2. The molecule has 0 amide bonds. The molecule has 0 spiro atoms. The Morgan fingerprint density at radius 3 is 2.62 bits per heavy atom. The van der Waals surface area contributed by atoms with Crippen LogP contribution < -0.4 is 10.2 Å². The zero-order valence-corrected chi connectivity index (χ0v) is 10.5. The van der Waals surface area contributed by atoms with Crippen molar-refractivity contribution in [2.75, 3.05) is 24.3 Å². The monoisotopic (exact) mass is 218 g/mol. The third-order valence-corrected chi connectivity index (χ3v) is 3.17. The van der Waals surface area contributed by atoms with Crippen molar-refractivity contribution in [1.29, 1.82) is 0 Å². The predicted molar refractivity (Wildman–Crippen MR) is 71.2 cm³/mol. The molecule has 88 valence electrons. The van der Waals surface area contributed by atoms with Crippen molar-refractivity contribution in [3.8, 4) is 0 Å². The second kappa shape index (κ2) is 4.77. The molecular formula is C14H22N2. The summed E-state index contributed by atoms with van der Waals surface area (Å²) in [5.41, 5.74) is 2.52. The van der Waals surface area contributed by atoms with E-state index in [1.54, 1.807) is 0 Å². The highest BCUT2D eigenvalue weighted by Gasteiger charge is 2.23. The number of nitrogens with zero attached hydrogens (tertiary/aromatic N) is 1. The average molecular weight is 218 g/mol. The average Bonchev–Trinajstić information content (AvgIpc) is 3.02. The van der Waals surface area contributed by atoms with Crippen LogP contribution in [0.3, 0.4) is 0 Å². The van der Waals surface area contributed by atoms with Crippen LogP contribution in [-0.4, -0.2) is 20.1 Å². The molecule has 2 rings (SSSR count). The predicted octanol–water partition coefficient (Wildman–Crippen LogP) is 3.35. The maximum absolute atomic E-state index is 3.62. The van der Waals surface area contributed by atoms with Crippen molar-refractivity contribution in [1.82, 2.24) is 0 Å². The van der Waals surface area contributed by atoms with Crippen molar-refractivity contribution in [2.45, 2.75) is 32.2 Å². The lowest BCUT2D eigenvalue weighted by Gasteiger charge is -2.21. The van der Waals surface area contributed by atoms with Crippen molar-refractivity contribution < 1.29 is 0 Å². The molecule has 1 saturated carbocycles. The van der Waals surface area contributed by atoms with Gasteiger partial charge < -0.3 is 10.2 Å². The second-order valence-corrected chi connectivity index (χ2v) is 5.14. The van der Waals surface area contributed by atoms with Crippen LogP contribution >= 0.6 is 0 Å². The van der Waals surface area contributed by atoms with Crippen LogP contribution in [0.2, 0.25) is 0 Å². The summed E-state index contributed by atoms with van der Waals surface area (Å²) in [6, 6.07) is 9.09. The lowest BCUT2D eigenvalue weighted by molar-refractivity contribution is 0.642. The molecule has 1 aliphatic carbocycles. The van der Waals surface area contributed by atoms with Gasteiger partial charge in [-0.3, -0.25) is 0 Å². The van der Waals surface area contributed by atoms with Gasteiger partial charge in [-0.2, -0.15) is 0 Å². The SMILES string of the molecule is CC(CC1CC1)Nc1ccccc1N(C)C. The Balaban J connectivity index is 2.01. The smallest absolute Gasteiger partial charge is 0.0596 e. The molecule has 0 aliphatic heterocycles. The summed E-state index contributed by atoms with van der Waals surface area (Å²) >= 11 is 0. The quantitative estimate of drug-likeness (QED) is 0.815. The van der Waals surface area contributed by atoms with Crippen LogP contribution in [0.15, 0.2) is 24.3 Å². The van der Waals surface area contributed by atoms with E-state index in [1.165, 1.54) is 30.6 Å². The highest BCUT2D eigenvalue weighted by atomic mass is 15.1. The number of hydrogen-bond donors (Lipinski definition) is 1. The molecule has 0 bridgehead atoms. The number of benzene rings is 1. The van der Waals surface area contributed by atoms with Crippen molar-refractivity contribution in [3.63, 3.8) is 0 Å². The fraction of sp³-hybridized carbons (Fsp3) is 0.571. The van der Waals surface area contributed by atoms with E-state index in [0.717, 1.165) is 5.92 Å². The molecule has 1 N–H and O–H groups in total. The van der Waals surface area contributed by atoms with Gasteiger partial charge in [-0.05, 0) is 31.4 Å². The van der Waals surface area contributed by atoms with Gasteiger partial charge in [0.2, 0.25) is 0 Å². The molecule has 1 unspecified atom stereocenters. The molecule has 0 radical (unpaired) electrons. The van der Waals surface area contributed by atoms with Crippen LogP contribution in [0.5, 0.6) is 0 Å². The molecule has 1 fully saturated rings. The van der Waals surface area contributed by atoms with Gasteiger partial charge in [-0.25, -0.2) is 0 Å². The molecule has 0 aromatic heterocycles. The van der Waals surface area contributed by atoms with Gasteiger partial charge >= 0.3 is 0 Å². The molecule has 1 aliphatic rings. The Hall–Kier alpha value is -1.18. The Bertz CT molecular complexity index is 342. The van der Waals surface area contributed by atoms with Crippen LogP contribution in [0, 0.1) is 5.92 Å². The Morgan fingerprint density at radius 1 is 1.31 bits per heavy atom. The second-order valence-electron chi connectivity index (χ2n) is 5.14. The highest BCUT2D eigenvalue weighted by molar-refractivity contribution is 5.69. The summed E-state index contributed by atoms with van der Waals surface area (Å²) in [5, 5.41) is 3.62. The molecule has 1 aromatic rings. The summed E-state index contributed by atoms with van der Waals surface area (Å²) in [5.74, 6) is 0.981. The fourth-order valence-electron chi connectivity index (χ4n) is 2.16. The first-order chi connectivity index (χ1) is 7.66. The van der Waals surface area contributed by atoms with Crippen LogP contribution in [0.1, 0.15) is 26.2 Å². The van der Waals surface area contributed by atoms with Gasteiger partial charge in [0.05, 0.1) is 11.4 Å². The molecule has 2 heteroatoms. The first-order valence-electron chi connectivity index (χ1n) is 6.19. The maximum Gasteiger partial charge on any atom is 0.0596 e. The highest BCUT2D eigenvalue weighted by Crippen LogP contribution is 2.34. The molecule has 1 atom stereocenters. The third kappa shape index (κ3) is 2.91. The molecule has 0 heterocycles. The van der Waals surface area contributed by atoms with Gasteiger partial charge in [-0.1, -0.05) is 25.0 Å². The topological polar surface area (TPSA) is 15.3 Å². The summed E-state index contributed by atoms with van der Waals surface area (Å²) in [6.07, 6.45) is 4.17. The van der Waals surface area contributed by atoms with Crippen LogP contribution in [0.25, 0.3) is 0 Å². The molecule has 16 heavy (non-hydrogen) atoms. The van der Waals surface area contributed by atoms with Crippen molar-refractivity contribution in [2.24, 2.45) is 5.92 Å². The van der Waals surface area contributed by atoms with Crippen LogP contribution in [-0.2, 0) is 0 Å². The fourth-order valence-corrected chi connectivity index (χ4v) is 2.16. The number of nitrogens with one attached hydrogen (secondary N) is 1. The van der Waals surface area contributed by atoms with E-state index in [1.807, 2.05) is 0 Å². The Morgan fingerprint density at radius 2 is 2.00 bits per heavy atom. The molecule has 0 saturated heterocycles. The lowest BCUT2D eigenvalue weighted by atomic mass is 10.1. The first kappa shape index (κ1) is 11.3. The molecule has 1 aromatic carbocycles. The van der Waals surface area contributed by atoms with E-state index in [4.69, 9.17) is 0 Å². The minimum Gasteiger partial charge on any atom is -0.381 e. The lowest BCUT2D eigenvalue weighted by Crippen LogP contribution is -2.19.